The molecule has 16 nitrogen and oxygen atoms in total. The van der Waals surface area contributed by atoms with Gasteiger partial charge in [0.15, 0.2) is 0 Å². The van der Waals surface area contributed by atoms with E-state index in [1.54, 1.807) is 0 Å². The van der Waals surface area contributed by atoms with E-state index in [-0.39, 0.29) is 24.6 Å². The number of hydrogen-bond donors (Lipinski definition) is 8. The van der Waals surface area contributed by atoms with Crippen molar-refractivity contribution in [2.24, 2.45) is 40.7 Å². The molecule has 406 valence electrons. The quantitative estimate of drug-likeness (QED) is 0.138. The lowest BCUT2D eigenvalue weighted by atomic mass is 10.2. The molecule has 0 saturated carbocycles. The summed E-state index contributed by atoms with van der Waals surface area (Å²) < 4.78 is 0. The highest BCUT2D eigenvalue weighted by Crippen LogP contribution is 1.98. The molecule has 0 aliphatic carbocycles. The lowest BCUT2D eigenvalue weighted by molar-refractivity contribution is -0.0987. The maximum Gasteiger partial charge on any atom is 0.106 e. The Bertz CT molecular complexity index is 624. The summed E-state index contributed by atoms with van der Waals surface area (Å²) in [5.74, 6) is 2.65. The number of rotatable bonds is 5. The van der Waals surface area contributed by atoms with Gasteiger partial charge in [-0.2, -0.15) is 0 Å². The second-order valence-electron chi connectivity index (χ2n) is 9.08. The molecule has 0 atom stereocenters. The van der Waals surface area contributed by atoms with Crippen LogP contribution in [-0.4, -0.2) is 82.5 Å². The van der Waals surface area contributed by atoms with Gasteiger partial charge in [0, 0.05) is 0 Å². The Kier molecular flexibility index (Phi) is 697. The summed E-state index contributed by atoms with van der Waals surface area (Å²) in [7, 11) is 6.00. The highest BCUT2D eigenvalue weighted by molar-refractivity contribution is 5.15. The molecule has 0 bridgehead atoms. The van der Waals surface area contributed by atoms with Gasteiger partial charge in [-0.3, -0.25) is 0 Å². The number of nitrogens with two attached hydrogens (primary N) is 4. The molecule has 20 N–H and O–H groups in total. The molecule has 65 heavy (non-hydrogen) atoms. The molecular weight excluding hydrogens is 829 g/mol. The molecule has 0 fully saturated rings. The van der Waals surface area contributed by atoms with Crippen molar-refractivity contribution >= 4 is 54.3 Å². The van der Waals surface area contributed by atoms with Gasteiger partial charge < -0.3 is 85.9 Å². The molecule has 0 amide bonds. The Balaban J connectivity index is -0.0000000155. The van der Waals surface area contributed by atoms with Crippen LogP contribution >= 0.6 is 0 Å². The zero-order chi connectivity index (χ0) is 54.5. The third-order valence-corrected chi connectivity index (χ3v) is 4.95. The number of hydrogen-bond acceptors (Lipinski definition) is 16. The van der Waals surface area contributed by atoms with Gasteiger partial charge in [0.05, 0.1) is 0 Å². The number of carbonyl (C=O) groups is 8. The Morgan fingerprint density at radius 3 is 0.446 bits per heavy atom. The van der Waals surface area contributed by atoms with Gasteiger partial charge >= 0.3 is 0 Å². The van der Waals surface area contributed by atoms with Crippen molar-refractivity contribution in [3.05, 3.63) is 71.8 Å². The fourth-order valence-corrected chi connectivity index (χ4v) is 1.43. The van der Waals surface area contributed by atoms with Crippen LogP contribution in [0.5, 0.6) is 0 Å². The summed E-state index contributed by atoms with van der Waals surface area (Å²) in [6.07, 6.45) is 6.20. The topological polar surface area (TPSA) is 381 Å². The molecule has 0 heterocycles. The molecule has 0 saturated heterocycles. The maximum absolute atomic E-state index is 8.00. The van der Waals surface area contributed by atoms with Crippen LogP contribution in [0.1, 0.15) is 148 Å². The Morgan fingerprint density at radius 1 is 0.308 bits per heavy atom. The van der Waals surface area contributed by atoms with Gasteiger partial charge in [0.1, 0.15) is 54.3 Å². The fraction of sp³-hybridized carbons (Fsp3) is 0.592. The SMILES string of the molecule is C=O.C=O.C=O.C=O.C=O.C=O.C=O.C=O.CC.CC.CC.CCC(C)C.CCC(C)C.CCC(C)C.CCc1ccccc1.CCc1ccccc1.CN.CN.CN.CN.N.N.N.N. The molecule has 0 unspecified atom stereocenters. The molecule has 0 aliphatic rings. The average molecular weight is 952 g/mol. The van der Waals surface area contributed by atoms with Gasteiger partial charge in [0.25, 0.3) is 0 Å². The molecule has 2 aromatic rings. The first-order valence-electron chi connectivity index (χ1n) is 20.4. The van der Waals surface area contributed by atoms with Crippen LogP contribution in [0.3, 0.4) is 0 Å². The lowest BCUT2D eigenvalue weighted by Crippen LogP contribution is -1.77. The normalized spacial score (nSPS) is 5.60. The molecule has 2 aromatic carbocycles. The largest absolute Gasteiger partial charge is 0.344 e. The standard InChI is InChI=1S/2C8H10.3C5H12.3C2H6.4CH5N.8CH2O.4H3N/c2*1-2-8-6-4-3-5-7-8;3*1-4-5(2)3;15*1-2;;;;/h2*3-7H,2H2,1H3;3*5H,4H2,1-3H3;3*1-2H3;4*2H2,1H3;8*1H2;4*1H3. The molecular formula is C49H122N8O8. The number of benzene rings is 2. The van der Waals surface area contributed by atoms with Crippen molar-refractivity contribution in [2.75, 3.05) is 28.2 Å². The van der Waals surface area contributed by atoms with E-state index < -0.39 is 0 Å². The van der Waals surface area contributed by atoms with Gasteiger partial charge in [-0.05, 0) is 69.9 Å². The van der Waals surface area contributed by atoms with Crippen LogP contribution in [0.15, 0.2) is 60.7 Å². The maximum atomic E-state index is 8.00. The Morgan fingerprint density at radius 2 is 0.400 bits per heavy atom. The highest BCUT2D eigenvalue weighted by atomic mass is 16.1. The van der Waals surface area contributed by atoms with E-state index in [2.05, 4.69) is 148 Å². The van der Waals surface area contributed by atoms with E-state index in [1.807, 2.05) is 108 Å². The van der Waals surface area contributed by atoms with Crippen molar-refractivity contribution in [1.82, 2.24) is 24.6 Å². The summed E-state index contributed by atoms with van der Waals surface area (Å²) >= 11 is 0. The zero-order valence-electron chi connectivity index (χ0n) is 47.1. The monoisotopic (exact) mass is 951 g/mol. The smallest absolute Gasteiger partial charge is 0.106 e. The molecule has 2 rings (SSSR count). The minimum absolute atomic E-state index is 0. The van der Waals surface area contributed by atoms with Crippen molar-refractivity contribution in [1.29, 1.82) is 0 Å². The molecule has 0 spiro atoms. The third-order valence-electron chi connectivity index (χ3n) is 4.95. The van der Waals surface area contributed by atoms with E-state index in [0.29, 0.717) is 0 Å². The minimum atomic E-state index is 0. The van der Waals surface area contributed by atoms with E-state index in [1.165, 1.54) is 58.6 Å². The lowest BCUT2D eigenvalue weighted by Gasteiger charge is -1.90. The average Bonchev–Trinajstić information content (AvgIpc) is 3.41. The predicted octanol–water partition coefficient (Wildman–Crippen LogP) is 11.2. The van der Waals surface area contributed by atoms with E-state index in [9.17, 15) is 0 Å². The van der Waals surface area contributed by atoms with Crippen molar-refractivity contribution in [2.45, 2.75) is 150 Å². The van der Waals surface area contributed by atoms with Crippen LogP contribution < -0.4 is 47.5 Å². The van der Waals surface area contributed by atoms with E-state index in [0.717, 1.165) is 30.6 Å². The summed E-state index contributed by atoms with van der Waals surface area (Å²) in [5, 5.41) is 0. The second kappa shape index (κ2) is 313. The van der Waals surface area contributed by atoms with Crippen LogP contribution in [0.4, 0.5) is 0 Å². The van der Waals surface area contributed by atoms with Gasteiger partial charge in [-0.15, -0.1) is 0 Å². The third kappa shape index (κ3) is 426. The molecule has 0 aliphatic heterocycles. The molecule has 16 heteroatoms. The van der Waals surface area contributed by atoms with Gasteiger partial charge in [0.2, 0.25) is 0 Å². The van der Waals surface area contributed by atoms with Crippen LogP contribution in [0, 0.1) is 17.8 Å². The fourth-order valence-electron chi connectivity index (χ4n) is 1.43. The van der Waals surface area contributed by atoms with Crippen molar-refractivity contribution in [3.8, 4) is 0 Å². The second-order valence-corrected chi connectivity index (χ2v) is 9.08. The Hall–Kier alpha value is -4.52. The van der Waals surface area contributed by atoms with Crippen molar-refractivity contribution in [3.63, 3.8) is 0 Å². The highest BCUT2D eigenvalue weighted by Gasteiger charge is 1.82. The van der Waals surface area contributed by atoms with Crippen LogP contribution in [0.2, 0.25) is 0 Å². The first kappa shape index (κ1) is 145. The summed E-state index contributed by atoms with van der Waals surface area (Å²) in [5.41, 5.74) is 20.8. The number of aryl methyl sites for hydroxylation is 2. The van der Waals surface area contributed by atoms with Gasteiger partial charge in [-0.1, -0.05) is 198 Å². The summed E-state index contributed by atoms with van der Waals surface area (Å²) in [4.78, 5) is 64.0. The van der Waals surface area contributed by atoms with Crippen molar-refractivity contribution < 1.29 is 38.4 Å². The van der Waals surface area contributed by atoms with Crippen LogP contribution in [-0.2, 0) is 51.2 Å². The zero-order valence-corrected chi connectivity index (χ0v) is 47.1. The molecule has 0 aromatic heterocycles. The van der Waals surface area contributed by atoms with E-state index >= 15 is 0 Å². The van der Waals surface area contributed by atoms with Crippen LogP contribution in [0.25, 0.3) is 0 Å². The predicted molar refractivity (Wildman–Crippen MR) is 299 cm³/mol. The first-order valence-corrected chi connectivity index (χ1v) is 20.4. The Labute approximate surface area is 406 Å². The molecule has 0 radical (unpaired) electrons. The van der Waals surface area contributed by atoms with E-state index in [4.69, 9.17) is 38.4 Å². The van der Waals surface area contributed by atoms with Gasteiger partial charge in [-0.25, -0.2) is 0 Å². The summed E-state index contributed by atoms with van der Waals surface area (Å²) in [6.45, 7) is 52.3. The number of carbonyl (C=O) groups excluding carboxylic acids is 8. The summed E-state index contributed by atoms with van der Waals surface area (Å²) in [6, 6.07) is 20.9. The minimum Gasteiger partial charge on any atom is -0.344 e. The first-order chi connectivity index (χ1) is 29.7.